The molecule has 0 aliphatic carbocycles. The molecule has 1 aliphatic rings. The van der Waals surface area contributed by atoms with E-state index < -0.39 is 6.10 Å². The number of aliphatic hydroxyl groups excluding tert-OH is 1. The lowest BCUT2D eigenvalue weighted by molar-refractivity contribution is 0.217. The molecule has 0 fully saturated rings. The Morgan fingerprint density at radius 3 is 3.06 bits per heavy atom. The van der Waals surface area contributed by atoms with Crippen LogP contribution in [0.4, 0.5) is 5.69 Å². The van der Waals surface area contributed by atoms with E-state index in [1.54, 1.807) is 6.21 Å². The summed E-state index contributed by atoms with van der Waals surface area (Å²) in [6, 6.07) is 7.86. The van der Waals surface area contributed by atoms with E-state index in [0.717, 1.165) is 16.8 Å². The molecule has 16 heavy (non-hydrogen) atoms. The first-order valence-electron chi connectivity index (χ1n) is 5.23. The van der Waals surface area contributed by atoms with Crippen LogP contribution in [0.25, 0.3) is 6.08 Å². The summed E-state index contributed by atoms with van der Waals surface area (Å²) in [6.07, 6.45) is 3.06. The number of rotatable bonds is 3. The van der Waals surface area contributed by atoms with Crippen molar-refractivity contribution in [1.82, 2.24) is 5.32 Å². The van der Waals surface area contributed by atoms with Gasteiger partial charge in [-0.15, -0.1) is 0 Å². The molecule has 0 aromatic heterocycles. The van der Waals surface area contributed by atoms with Gasteiger partial charge in [-0.3, -0.25) is 5.43 Å². The molecule has 3 N–H and O–H groups in total. The van der Waals surface area contributed by atoms with Gasteiger partial charge in [-0.25, -0.2) is 0 Å². The maximum absolute atomic E-state index is 9.87. The number of aliphatic hydroxyl groups is 1. The van der Waals surface area contributed by atoms with Gasteiger partial charge in [0.2, 0.25) is 0 Å². The molecule has 0 radical (unpaired) electrons. The van der Waals surface area contributed by atoms with Crippen LogP contribution in [0.5, 0.6) is 0 Å². The highest BCUT2D eigenvalue weighted by atomic mass is 16.3. The van der Waals surface area contributed by atoms with Crippen molar-refractivity contribution in [1.29, 1.82) is 0 Å². The summed E-state index contributed by atoms with van der Waals surface area (Å²) < 4.78 is 0. The standard InChI is InChI=1S/C12H15N3O/c1-13-8-12(16)10-6-9-4-2-3-5-11(9)15-14-7-10/h2-7,12-13,15-16H,8H2,1H3/t12-/m0/s1. The van der Waals surface area contributed by atoms with Gasteiger partial charge in [-0.05, 0) is 24.8 Å². The Morgan fingerprint density at radius 2 is 2.25 bits per heavy atom. The third kappa shape index (κ3) is 2.29. The number of para-hydroxylation sites is 1. The molecular formula is C12H15N3O. The molecule has 0 spiro atoms. The van der Waals surface area contributed by atoms with E-state index in [4.69, 9.17) is 0 Å². The van der Waals surface area contributed by atoms with Crippen LogP contribution < -0.4 is 10.7 Å². The van der Waals surface area contributed by atoms with Gasteiger partial charge in [0.05, 0.1) is 18.0 Å². The lowest BCUT2D eigenvalue weighted by Crippen LogP contribution is -2.25. The van der Waals surface area contributed by atoms with Crippen LogP contribution in [0.1, 0.15) is 5.56 Å². The number of anilines is 1. The van der Waals surface area contributed by atoms with Crippen LogP contribution in [0.3, 0.4) is 0 Å². The normalized spacial score (nSPS) is 15.8. The number of hydrogen-bond acceptors (Lipinski definition) is 4. The van der Waals surface area contributed by atoms with Crippen molar-refractivity contribution in [2.24, 2.45) is 5.10 Å². The molecule has 0 bridgehead atoms. The summed E-state index contributed by atoms with van der Waals surface area (Å²) in [7, 11) is 1.81. The van der Waals surface area contributed by atoms with Crippen LogP contribution in [0.15, 0.2) is 34.9 Å². The van der Waals surface area contributed by atoms with Crippen molar-refractivity contribution in [2.45, 2.75) is 6.10 Å². The van der Waals surface area contributed by atoms with Crippen molar-refractivity contribution in [3.05, 3.63) is 35.4 Å². The predicted octanol–water partition coefficient (Wildman–Crippen LogP) is 1.06. The van der Waals surface area contributed by atoms with Crippen molar-refractivity contribution in [3.63, 3.8) is 0 Å². The van der Waals surface area contributed by atoms with Gasteiger partial charge >= 0.3 is 0 Å². The third-order valence-electron chi connectivity index (χ3n) is 2.46. The zero-order valence-corrected chi connectivity index (χ0v) is 9.14. The number of hydrogen-bond donors (Lipinski definition) is 3. The van der Waals surface area contributed by atoms with Gasteiger partial charge in [0.1, 0.15) is 0 Å². The molecule has 0 saturated carbocycles. The molecule has 1 atom stereocenters. The Bertz CT molecular complexity index is 426. The first-order chi connectivity index (χ1) is 7.81. The smallest absolute Gasteiger partial charge is 0.0929 e. The maximum Gasteiger partial charge on any atom is 0.0929 e. The number of likely N-dealkylation sites (N-methyl/N-ethyl adjacent to an activating group) is 1. The Balaban J connectivity index is 2.31. The average molecular weight is 217 g/mol. The summed E-state index contributed by atoms with van der Waals surface area (Å²) in [5.41, 5.74) is 5.72. The van der Waals surface area contributed by atoms with Crippen molar-refractivity contribution in [2.75, 3.05) is 19.0 Å². The molecule has 1 aromatic rings. The molecule has 2 rings (SSSR count). The number of nitrogens with zero attached hydrogens (tertiary/aromatic N) is 1. The minimum absolute atomic E-state index is 0.514. The monoisotopic (exact) mass is 217 g/mol. The Hall–Kier alpha value is -1.65. The van der Waals surface area contributed by atoms with Crippen molar-refractivity contribution < 1.29 is 5.11 Å². The zero-order valence-electron chi connectivity index (χ0n) is 9.14. The highest BCUT2D eigenvalue weighted by molar-refractivity contribution is 5.90. The lowest BCUT2D eigenvalue weighted by atomic mass is 10.1. The van der Waals surface area contributed by atoms with E-state index in [1.807, 2.05) is 37.4 Å². The molecule has 4 nitrogen and oxygen atoms in total. The number of nitrogens with one attached hydrogen (secondary N) is 2. The molecule has 0 amide bonds. The minimum atomic E-state index is -0.540. The molecule has 1 aliphatic heterocycles. The fraction of sp³-hybridized carbons (Fsp3) is 0.250. The first kappa shape index (κ1) is 10.9. The Labute approximate surface area is 94.7 Å². The van der Waals surface area contributed by atoms with Gasteiger partial charge in [0.25, 0.3) is 0 Å². The Morgan fingerprint density at radius 1 is 1.44 bits per heavy atom. The van der Waals surface area contributed by atoms with E-state index in [2.05, 4.69) is 15.8 Å². The SMILES string of the molecule is CNC[C@H](O)C1=Cc2ccccc2NN=C1. The quantitative estimate of drug-likeness (QED) is 0.709. The molecule has 84 valence electrons. The maximum atomic E-state index is 9.87. The highest BCUT2D eigenvalue weighted by Gasteiger charge is 2.11. The minimum Gasteiger partial charge on any atom is -0.387 e. The van der Waals surface area contributed by atoms with Gasteiger partial charge in [0.15, 0.2) is 0 Å². The highest BCUT2D eigenvalue weighted by Crippen LogP contribution is 2.21. The third-order valence-corrected chi connectivity index (χ3v) is 2.46. The number of fused-ring (bicyclic) bond motifs is 1. The molecular weight excluding hydrogens is 202 g/mol. The lowest BCUT2D eigenvalue weighted by Gasteiger charge is -2.09. The number of hydrazone groups is 1. The average Bonchev–Trinajstić information content (AvgIpc) is 2.51. The van der Waals surface area contributed by atoms with Gasteiger partial charge in [-0.2, -0.15) is 5.10 Å². The summed E-state index contributed by atoms with van der Waals surface area (Å²) in [5, 5.41) is 16.9. The summed E-state index contributed by atoms with van der Waals surface area (Å²) in [6.45, 7) is 0.514. The summed E-state index contributed by atoms with van der Waals surface area (Å²) in [5.74, 6) is 0. The fourth-order valence-corrected chi connectivity index (χ4v) is 1.61. The predicted molar refractivity (Wildman–Crippen MR) is 66.5 cm³/mol. The molecule has 4 heteroatoms. The molecule has 1 aromatic carbocycles. The topological polar surface area (TPSA) is 56.6 Å². The summed E-state index contributed by atoms with van der Waals surface area (Å²) in [4.78, 5) is 0. The summed E-state index contributed by atoms with van der Waals surface area (Å²) >= 11 is 0. The van der Waals surface area contributed by atoms with Gasteiger partial charge < -0.3 is 10.4 Å². The number of benzene rings is 1. The molecule has 1 heterocycles. The zero-order chi connectivity index (χ0) is 11.4. The van der Waals surface area contributed by atoms with Crippen LogP contribution in [0.2, 0.25) is 0 Å². The van der Waals surface area contributed by atoms with Crippen LogP contribution in [0, 0.1) is 0 Å². The van der Waals surface area contributed by atoms with E-state index in [9.17, 15) is 5.11 Å². The van der Waals surface area contributed by atoms with Gasteiger partial charge in [0, 0.05) is 12.1 Å². The van der Waals surface area contributed by atoms with E-state index in [1.165, 1.54) is 0 Å². The van der Waals surface area contributed by atoms with Gasteiger partial charge in [-0.1, -0.05) is 18.2 Å². The van der Waals surface area contributed by atoms with Crippen LogP contribution >= 0.6 is 0 Å². The van der Waals surface area contributed by atoms with Crippen LogP contribution in [-0.2, 0) is 0 Å². The van der Waals surface area contributed by atoms with Crippen LogP contribution in [-0.4, -0.2) is 31.0 Å². The van der Waals surface area contributed by atoms with E-state index >= 15 is 0 Å². The van der Waals surface area contributed by atoms with Crippen molar-refractivity contribution >= 4 is 18.0 Å². The van der Waals surface area contributed by atoms with E-state index in [0.29, 0.717) is 6.54 Å². The molecule has 0 saturated heterocycles. The second-order valence-electron chi connectivity index (χ2n) is 3.68. The first-order valence-corrected chi connectivity index (χ1v) is 5.23. The Kier molecular flexibility index (Phi) is 3.34. The van der Waals surface area contributed by atoms with E-state index in [-0.39, 0.29) is 0 Å². The molecule has 0 unspecified atom stereocenters. The second kappa shape index (κ2) is 4.92. The van der Waals surface area contributed by atoms with Crippen molar-refractivity contribution in [3.8, 4) is 0 Å². The largest absolute Gasteiger partial charge is 0.387 e. The second-order valence-corrected chi connectivity index (χ2v) is 3.68. The fourth-order valence-electron chi connectivity index (χ4n) is 1.61.